The molecule has 0 radical (unpaired) electrons. The predicted octanol–water partition coefficient (Wildman–Crippen LogP) is 5.75. The zero-order chi connectivity index (χ0) is 21.0. The molecule has 0 saturated heterocycles. The summed E-state index contributed by atoms with van der Waals surface area (Å²) in [6, 6.07) is 7.25. The molecule has 1 aromatic carbocycles. The van der Waals surface area contributed by atoms with Gasteiger partial charge < -0.3 is 10.1 Å². The highest BCUT2D eigenvalue weighted by molar-refractivity contribution is 7.16. The van der Waals surface area contributed by atoms with Crippen molar-refractivity contribution in [1.29, 1.82) is 10.5 Å². The van der Waals surface area contributed by atoms with E-state index in [1.165, 1.54) is 17.4 Å². The number of carbonyl (C=O) groups excluding carboxylic acids is 1. The highest BCUT2D eigenvalue weighted by Crippen LogP contribution is 2.38. The van der Waals surface area contributed by atoms with Gasteiger partial charge >= 0.3 is 0 Å². The Morgan fingerprint density at radius 2 is 1.97 bits per heavy atom. The lowest BCUT2D eigenvalue weighted by Crippen LogP contribution is -2.13. The standard InChI is InChI=1S/C21H17Cl2N3O2S/c1-2-28-19-16(22)8-12(9-17(19)23)7-13(10-24)20(27)26-21-15(11-25)14-5-3-4-6-18(14)29-21/h7-9H,2-6H2,1H3,(H,26,27)/b13-7+. The van der Waals surface area contributed by atoms with E-state index in [1.807, 2.05) is 13.0 Å². The Bertz CT molecular complexity index is 1050. The summed E-state index contributed by atoms with van der Waals surface area (Å²) in [6.07, 6.45) is 5.27. The number of anilines is 1. The van der Waals surface area contributed by atoms with Gasteiger partial charge in [0.25, 0.3) is 5.91 Å². The number of rotatable bonds is 5. The molecule has 1 amide bonds. The van der Waals surface area contributed by atoms with Crippen LogP contribution in [0.4, 0.5) is 5.00 Å². The monoisotopic (exact) mass is 445 g/mol. The van der Waals surface area contributed by atoms with Crippen molar-refractivity contribution in [2.45, 2.75) is 32.6 Å². The van der Waals surface area contributed by atoms with Gasteiger partial charge in [-0.3, -0.25) is 4.79 Å². The number of nitrogens with zero attached hydrogens (tertiary/aromatic N) is 2. The maximum atomic E-state index is 12.7. The lowest BCUT2D eigenvalue weighted by atomic mass is 9.96. The second kappa shape index (κ2) is 9.33. The minimum absolute atomic E-state index is 0.114. The molecule has 5 nitrogen and oxygen atoms in total. The van der Waals surface area contributed by atoms with E-state index < -0.39 is 5.91 Å². The molecular formula is C21H17Cl2N3O2S. The number of nitriles is 2. The van der Waals surface area contributed by atoms with E-state index >= 15 is 0 Å². The van der Waals surface area contributed by atoms with Gasteiger partial charge in [0.1, 0.15) is 22.7 Å². The van der Waals surface area contributed by atoms with Crippen LogP contribution in [-0.4, -0.2) is 12.5 Å². The molecule has 1 aliphatic carbocycles. The Hall–Kier alpha value is -2.51. The fourth-order valence-corrected chi connectivity index (χ4v) is 5.05. The maximum Gasteiger partial charge on any atom is 0.266 e. The van der Waals surface area contributed by atoms with Crippen molar-refractivity contribution in [2.75, 3.05) is 11.9 Å². The summed E-state index contributed by atoms with van der Waals surface area (Å²) in [7, 11) is 0. The average Bonchev–Trinajstić information content (AvgIpc) is 3.05. The van der Waals surface area contributed by atoms with Crippen molar-refractivity contribution in [3.8, 4) is 17.9 Å². The first-order valence-corrected chi connectivity index (χ1v) is 10.6. The van der Waals surface area contributed by atoms with Gasteiger partial charge in [0, 0.05) is 4.88 Å². The maximum absolute atomic E-state index is 12.7. The number of nitrogens with one attached hydrogen (secondary N) is 1. The molecule has 0 aliphatic heterocycles. The second-order valence-corrected chi connectivity index (χ2v) is 8.32. The quantitative estimate of drug-likeness (QED) is 0.468. The van der Waals surface area contributed by atoms with E-state index in [4.69, 9.17) is 27.9 Å². The molecule has 1 aromatic heterocycles. The van der Waals surface area contributed by atoms with Crippen molar-refractivity contribution in [1.82, 2.24) is 0 Å². The third-order valence-electron chi connectivity index (χ3n) is 4.50. The van der Waals surface area contributed by atoms with Gasteiger partial charge in [-0.1, -0.05) is 23.2 Å². The topological polar surface area (TPSA) is 85.9 Å². The molecule has 148 valence electrons. The highest BCUT2D eigenvalue weighted by Gasteiger charge is 2.22. The summed E-state index contributed by atoms with van der Waals surface area (Å²) < 4.78 is 5.39. The van der Waals surface area contributed by atoms with Gasteiger partial charge in [0.2, 0.25) is 0 Å². The molecule has 0 atom stereocenters. The third-order valence-corrected chi connectivity index (χ3v) is 6.26. The van der Waals surface area contributed by atoms with Gasteiger partial charge in [-0.2, -0.15) is 10.5 Å². The van der Waals surface area contributed by atoms with Crippen molar-refractivity contribution in [2.24, 2.45) is 0 Å². The van der Waals surface area contributed by atoms with Crippen LogP contribution in [0.5, 0.6) is 5.75 Å². The Balaban J connectivity index is 1.88. The van der Waals surface area contributed by atoms with Crippen molar-refractivity contribution in [3.63, 3.8) is 0 Å². The van der Waals surface area contributed by atoms with E-state index in [0.717, 1.165) is 36.1 Å². The van der Waals surface area contributed by atoms with Crippen LogP contribution in [0.1, 0.15) is 41.3 Å². The average molecular weight is 446 g/mol. The normalized spacial score (nSPS) is 13.2. The van der Waals surface area contributed by atoms with Gasteiger partial charge in [0.15, 0.2) is 5.75 Å². The van der Waals surface area contributed by atoms with Gasteiger partial charge in [0.05, 0.1) is 22.2 Å². The SMILES string of the molecule is CCOc1c(Cl)cc(/C=C(\C#N)C(=O)Nc2sc3c(c2C#N)CCCC3)cc1Cl. The molecule has 1 N–H and O–H groups in total. The lowest BCUT2D eigenvalue weighted by Gasteiger charge is -2.09. The number of benzene rings is 1. The zero-order valence-corrected chi connectivity index (χ0v) is 18.0. The molecular weight excluding hydrogens is 429 g/mol. The molecule has 1 aliphatic rings. The molecule has 0 spiro atoms. The van der Waals surface area contributed by atoms with Crippen molar-refractivity contribution >= 4 is 51.5 Å². The minimum Gasteiger partial charge on any atom is -0.491 e. The van der Waals surface area contributed by atoms with E-state index in [1.54, 1.807) is 12.1 Å². The molecule has 2 aromatic rings. The van der Waals surface area contributed by atoms with Gasteiger partial charge in [-0.05, 0) is 61.9 Å². The Morgan fingerprint density at radius 1 is 1.28 bits per heavy atom. The Kier molecular flexibility index (Phi) is 6.82. The first kappa shape index (κ1) is 21.2. The summed E-state index contributed by atoms with van der Waals surface area (Å²) in [4.78, 5) is 13.8. The van der Waals surface area contributed by atoms with E-state index in [9.17, 15) is 15.3 Å². The van der Waals surface area contributed by atoms with Crippen LogP contribution >= 0.6 is 34.5 Å². The van der Waals surface area contributed by atoms with Crippen LogP contribution in [0, 0.1) is 22.7 Å². The van der Waals surface area contributed by atoms with Crippen LogP contribution in [0.2, 0.25) is 10.0 Å². The number of amides is 1. The summed E-state index contributed by atoms with van der Waals surface area (Å²) in [5.41, 5.74) is 1.91. The third kappa shape index (κ3) is 4.57. The number of hydrogen-bond acceptors (Lipinski definition) is 5. The summed E-state index contributed by atoms with van der Waals surface area (Å²) >= 11 is 13.8. The number of halogens is 2. The van der Waals surface area contributed by atoms with Crippen LogP contribution in [0.25, 0.3) is 6.08 Å². The highest BCUT2D eigenvalue weighted by atomic mass is 35.5. The first-order chi connectivity index (χ1) is 14.0. The van der Waals surface area contributed by atoms with Crippen molar-refractivity contribution < 1.29 is 9.53 Å². The van der Waals surface area contributed by atoms with E-state index in [2.05, 4.69) is 11.4 Å². The molecule has 0 saturated carbocycles. The lowest BCUT2D eigenvalue weighted by molar-refractivity contribution is -0.112. The van der Waals surface area contributed by atoms with Crippen LogP contribution in [-0.2, 0) is 17.6 Å². The molecule has 29 heavy (non-hydrogen) atoms. The van der Waals surface area contributed by atoms with Gasteiger partial charge in [-0.25, -0.2) is 0 Å². The number of ether oxygens (including phenoxy) is 1. The summed E-state index contributed by atoms with van der Waals surface area (Å²) in [6.45, 7) is 2.23. The van der Waals surface area contributed by atoms with E-state index in [-0.39, 0.29) is 5.57 Å². The van der Waals surface area contributed by atoms with Crippen LogP contribution in [0.15, 0.2) is 17.7 Å². The number of aryl methyl sites for hydroxylation is 1. The number of hydrogen-bond donors (Lipinski definition) is 1. The number of carbonyl (C=O) groups is 1. The number of thiophene rings is 1. The molecule has 8 heteroatoms. The Labute approximate surface area is 183 Å². The fraction of sp³-hybridized carbons (Fsp3) is 0.286. The molecule has 3 rings (SSSR count). The second-order valence-electron chi connectivity index (χ2n) is 6.40. The van der Waals surface area contributed by atoms with Crippen molar-refractivity contribution in [3.05, 3.63) is 49.3 Å². The number of fused-ring (bicyclic) bond motifs is 1. The first-order valence-electron chi connectivity index (χ1n) is 9.08. The van der Waals surface area contributed by atoms with Crippen LogP contribution < -0.4 is 10.1 Å². The summed E-state index contributed by atoms with van der Waals surface area (Å²) in [5.74, 6) is -0.220. The Morgan fingerprint density at radius 3 is 2.59 bits per heavy atom. The smallest absolute Gasteiger partial charge is 0.266 e. The minimum atomic E-state index is -0.580. The summed E-state index contributed by atoms with van der Waals surface area (Å²) in [5, 5.41) is 22.8. The fourth-order valence-electron chi connectivity index (χ4n) is 3.20. The molecule has 0 bridgehead atoms. The van der Waals surface area contributed by atoms with Crippen LogP contribution in [0.3, 0.4) is 0 Å². The molecule has 0 fully saturated rings. The van der Waals surface area contributed by atoms with E-state index in [0.29, 0.717) is 38.5 Å². The molecule has 1 heterocycles. The molecule has 0 unspecified atom stereocenters. The predicted molar refractivity (Wildman–Crippen MR) is 116 cm³/mol. The zero-order valence-electron chi connectivity index (χ0n) is 15.6. The van der Waals surface area contributed by atoms with Gasteiger partial charge in [-0.15, -0.1) is 11.3 Å². The largest absolute Gasteiger partial charge is 0.491 e.